The fourth-order valence-corrected chi connectivity index (χ4v) is 6.10. The third kappa shape index (κ3) is 7.92. The van der Waals surface area contributed by atoms with Gasteiger partial charge in [-0.2, -0.15) is 0 Å². The molecule has 0 amide bonds. The first-order valence-electron chi connectivity index (χ1n) is 13.0. The Balaban J connectivity index is 2.10. The van der Waals surface area contributed by atoms with Crippen LogP contribution in [0.3, 0.4) is 0 Å². The summed E-state index contributed by atoms with van der Waals surface area (Å²) in [6.45, 7) is 4.92. The number of rotatable bonds is 15. The van der Waals surface area contributed by atoms with Crippen molar-refractivity contribution >= 4 is 13.6 Å². The van der Waals surface area contributed by atoms with E-state index in [0.29, 0.717) is 0 Å². The summed E-state index contributed by atoms with van der Waals surface area (Å²) in [6, 6.07) is 8.18. The van der Waals surface area contributed by atoms with Crippen LogP contribution in [-0.2, 0) is 32.6 Å². The number of benzene rings is 1. The number of nitrogens with one attached hydrogen (secondary N) is 1. The second-order valence-electron chi connectivity index (χ2n) is 8.90. The fourth-order valence-electron chi connectivity index (χ4n) is 4.33. The van der Waals surface area contributed by atoms with Gasteiger partial charge in [-0.1, -0.05) is 23.3 Å². The molecule has 15 nitrogen and oxygen atoms in total. The van der Waals surface area contributed by atoms with Crippen LogP contribution in [0, 0.1) is 6.92 Å². The van der Waals surface area contributed by atoms with Crippen LogP contribution in [-0.4, -0.2) is 73.2 Å². The number of hydrogen-bond donors (Lipinski definition) is 1. The topological polar surface area (TPSA) is 193 Å². The lowest BCUT2D eigenvalue weighted by molar-refractivity contribution is -0.0821. The Morgan fingerprint density at radius 2 is 1.85 bits per heavy atom. The summed E-state index contributed by atoms with van der Waals surface area (Å²) in [7, 11) is -2.52. The Labute approximate surface area is 235 Å². The highest BCUT2D eigenvalue weighted by Crippen LogP contribution is 2.56. The largest absolute Gasteiger partial charge is 0.453 e. The smallest absolute Gasteiger partial charge is 0.339 e. The normalized spacial score (nSPS) is 21.3. The van der Waals surface area contributed by atoms with Crippen LogP contribution < -0.4 is 11.2 Å². The molecule has 1 N–H and O–H groups in total. The molecule has 3 rings (SSSR count). The van der Waals surface area contributed by atoms with Crippen LogP contribution in [0.2, 0.25) is 0 Å². The Bertz CT molecular complexity index is 1370. The van der Waals surface area contributed by atoms with Crippen molar-refractivity contribution in [2.45, 2.75) is 57.5 Å². The number of aromatic nitrogens is 2. The molecule has 0 radical (unpaired) electrons. The molecule has 0 spiro atoms. The maximum Gasteiger partial charge on any atom is 0.339 e. The zero-order chi connectivity index (χ0) is 30.0. The van der Waals surface area contributed by atoms with E-state index < -0.39 is 55.1 Å². The van der Waals surface area contributed by atoms with Crippen molar-refractivity contribution in [3.8, 4) is 0 Å². The van der Waals surface area contributed by atoms with E-state index in [0.717, 1.165) is 4.57 Å². The molecule has 1 fully saturated rings. The highest BCUT2D eigenvalue weighted by atomic mass is 31.2. The highest BCUT2D eigenvalue weighted by molar-refractivity contribution is 7.54. The SMILES string of the molecule is CCOP(=O)(OCC)C(C[C@H]1O[C@@H](n2cc(C)c(=O)[nH]c2=O)[C@H](OCCOC)[C@@H]1OC(=O)c1ccccc1)N=[N+]=[N-]. The number of hydrogen-bond acceptors (Lipinski definition) is 11. The van der Waals surface area contributed by atoms with Gasteiger partial charge >= 0.3 is 19.3 Å². The average Bonchev–Trinajstić information content (AvgIpc) is 3.27. The van der Waals surface area contributed by atoms with Crippen molar-refractivity contribution < 1.29 is 37.4 Å². The summed E-state index contributed by atoms with van der Waals surface area (Å²) in [6.07, 6.45) is -3.62. The van der Waals surface area contributed by atoms with Gasteiger partial charge in [-0.3, -0.25) is 18.9 Å². The number of aromatic amines is 1. The molecule has 41 heavy (non-hydrogen) atoms. The molecule has 0 saturated carbocycles. The van der Waals surface area contributed by atoms with Gasteiger partial charge in [0.25, 0.3) is 5.56 Å². The highest BCUT2D eigenvalue weighted by Gasteiger charge is 2.52. The van der Waals surface area contributed by atoms with Crippen molar-refractivity contribution in [3.63, 3.8) is 0 Å². The average molecular weight is 596 g/mol. The summed E-state index contributed by atoms with van der Waals surface area (Å²) in [5.41, 5.74) is 8.35. The van der Waals surface area contributed by atoms with Gasteiger partial charge < -0.3 is 28.0 Å². The molecule has 0 bridgehead atoms. The second kappa shape index (κ2) is 15.1. The lowest BCUT2D eigenvalue weighted by Gasteiger charge is -2.28. The van der Waals surface area contributed by atoms with E-state index in [2.05, 4.69) is 15.0 Å². The summed E-state index contributed by atoms with van der Waals surface area (Å²) in [5, 5.41) is 3.68. The van der Waals surface area contributed by atoms with Gasteiger partial charge in [-0.05, 0) is 44.9 Å². The molecule has 224 valence electrons. The van der Waals surface area contributed by atoms with Gasteiger partial charge in [0.1, 0.15) is 18.0 Å². The fraction of sp³-hybridized carbons (Fsp3) is 0.560. The number of nitrogens with zero attached hydrogens (tertiary/aromatic N) is 4. The minimum absolute atomic E-state index is 0.00407. The third-order valence-corrected chi connectivity index (χ3v) is 8.45. The van der Waals surface area contributed by atoms with E-state index >= 15 is 0 Å². The molecule has 1 aromatic carbocycles. The maximum atomic E-state index is 13.6. The van der Waals surface area contributed by atoms with Gasteiger partial charge in [-0.25, -0.2) is 9.59 Å². The summed E-state index contributed by atoms with van der Waals surface area (Å²) in [5.74, 6) is -2.09. The predicted octanol–water partition coefficient (Wildman–Crippen LogP) is 3.29. The van der Waals surface area contributed by atoms with E-state index in [4.69, 9.17) is 28.0 Å². The molecule has 2 heterocycles. The molecular weight excluding hydrogens is 561 g/mol. The van der Waals surface area contributed by atoms with E-state index in [1.807, 2.05) is 0 Å². The third-order valence-electron chi connectivity index (χ3n) is 6.17. The molecule has 1 aliphatic heterocycles. The predicted molar refractivity (Wildman–Crippen MR) is 146 cm³/mol. The zero-order valence-electron chi connectivity index (χ0n) is 23.2. The lowest BCUT2D eigenvalue weighted by Crippen LogP contribution is -2.42. The van der Waals surface area contributed by atoms with Crippen molar-refractivity contribution in [1.82, 2.24) is 9.55 Å². The summed E-state index contributed by atoms with van der Waals surface area (Å²) < 4.78 is 48.8. The molecule has 1 saturated heterocycles. The summed E-state index contributed by atoms with van der Waals surface area (Å²) in [4.78, 5) is 43.1. The number of aryl methyl sites for hydroxylation is 1. The number of azide groups is 1. The van der Waals surface area contributed by atoms with Crippen LogP contribution >= 0.6 is 7.60 Å². The van der Waals surface area contributed by atoms with Crippen molar-refractivity contribution in [3.05, 3.63) is 78.9 Å². The van der Waals surface area contributed by atoms with Crippen LogP contribution in [0.5, 0.6) is 0 Å². The van der Waals surface area contributed by atoms with Gasteiger partial charge in [0.2, 0.25) is 0 Å². The van der Waals surface area contributed by atoms with E-state index in [-0.39, 0.29) is 44.0 Å². The molecule has 0 aliphatic carbocycles. The lowest BCUT2D eigenvalue weighted by atomic mass is 10.1. The summed E-state index contributed by atoms with van der Waals surface area (Å²) >= 11 is 0. The van der Waals surface area contributed by atoms with Crippen LogP contribution in [0.4, 0.5) is 0 Å². The minimum atomic E-state index is -4.00. The number of carbonyl (C=O) groups excluding carboxylic acids is 1. The van der Waals surface area contributed by atoms with Crippen LogP contribution in [0.15, 0.2) is 51.2 Å². The Kier molecular flexibility index (Phi) is 11.9. The van der Waals surface area contributed by atoms with Gasteiger partial charge in [-0.15, -0.1) is 0 Å². The van der Waals surface area contributed by atoms with E-state index in [1.165, 1.54) is 20.2 Å². The number of ether oxygens (including phenoxy) is 4. The molecule has 2 aromatic rings. The number of carbonyl (C=O) groups is 1. The van der Waals surface area contributed by atoms with Crippen molar-refractivity contribution in [2.75, 3.05) is 33.5 Å². The first-order chi connectivity index (χ1) is 19.7. The Morgan fingerprint density at radius 1 is 1.17 bits per heavy atom. The Hall–Kier alpha value is -3.29. The standard InChI is InChI=1S/C25H34N5O10P/c1-5-37-41(34,38-6-2)19(28-29-26)14-18-20(40-24(32)17-10-8-7-9-11-17)21(36-13-12-35-4)23(39-18)30-15-16(3)22(31)27-25(30)33/h7-11,15,18-21,23H,5-6,12-14H2,1-4H3,(H,27,31,33)/t18-,19?,20-,21-,23-/m1/s1. The Morgan fingerprint density at radius 3 is 2.46 bits per heavy atom. The quantitative estimate of drug-likeness (QED) is 0.0797. The van der Waals surface area contributed by atoms with Gasteiger partial charge in [0.15, 0.2) is 12.3 Å². The molecule has 16 heteroatoms. The van der Waals surface area contributed by atoms with Crippen LogP contribution in [0.25, 0.3) is 10.4 Å². The van der Waals surface area contributed by atoms with Crippen LogP contribution in [0.1, 0.15) is 42.4 Å². The molecule has 1 unspecified atom stereocenters. The minimum Gasteiger partial charge on any atom is -0.453 e. The number of H-pyrrole nitrogens is 1. The van der Waals surface area contributed by atoms with E-state index in [1.54, 1.807) is 44.2 Å². The molecule has 5 atom stereocenters. The monoisotopic (exact) mass is 595 g/mol. The second-order valence-corrected chi connectivity index (χ2v) is 11.1. The number of esters is 1. The molecular formula is C25H34N5O10P. The van der Waals surface area contributed by atoms with Crippen molar-refractivity contribution in [1.29, 1.82) is 0 Å². The van der Waals surface area contributed by atoms with Gasteiger partial charge in [0, 0.05) is 23.8 Å². The molecule has 1 aromatic heterocycles. The number of methoxy groups -OCH3 is 1. The first-order valence-corrected chi connectivity index (χ1v) is 14.6. The van der Waals surface area contributed by atoms with Crippen molar-refractivity contribution in [2.24, 2.45) is 5.11 Å². The zero-order valence-corrected chi connectivity index (χ0v) is 24.1. The first kappa shape index (κ1) is 32.2. The maximum absolute atomic E-state index is 13.6. The van der Waals surface area contributed by atoms with E-state index in [9.17, 15) is 24.5 Å². The van der Waals surface area contributed by atoms with Gasteiger partial charge in [0.05, 0.1) is 32.0 Å². The molecule has 1 aliphatic rings.